The Kier molecular flexibility index (Phi) is 1.96. The van der Waals surface area contributed by atoms with Gasteiger partial charge in [-0.15, -0.1) is 0 Å². The second-order valence-electron chi connectivity index (χ2n) is 3.06. The average Bonchev–Trinajstić information content (AvgIpc) is 2.62. The van der Waals surface area contributed by atoms with Gasteiger partial charge in [-0.05, 0) is 18.6 Å². The van der Waals surface area contributed by atoms with Crippen molar-refractivity contribution < 1.29 is 9.53 Å². The van der Waals surface area contributed by atoms with Gasteiger partial charge in [0.1, 0.15) is 0 Å². The molecular weight excluding hydrogens is 180 g/mol. The summed E-state index contributed by atoms with van der Waals surface area (Å²) in [4.78, 5) is 11.3. The summed E-state index contributed by atoms with van der Waals surface area (Å²) >= 11 is 0. The molecule has 4 heteroatoms. The fourth-order valence-electron chi connectivity index (χ4n) is 1.49. The lowest BCUT2D eigenvalue weighted by atomic mass is 10.1. The number of nitrogens with one attached hydrogen (secondary N) is 1. The first-order valence-corrected chi connectivity index (χ1v) is 4.26. The van der Waals surface area contributed by atoms with Crippen molar-refractivity contribution in [2.75, 3.05) is 7.11 Å². The lowest BCUT2D eigenvalue weighted by Gasteiger charge is -1.97. The Balaban J connectivity index is 2.73. The molecule has 0 aliphatic carbocycles. The molecule has 4 nitrogen and oxygen atoms in total. The van der Waals surface area contributed by atoms with Crippen LogP contribution in [0.2, 0.25) is 0 Å². The van der Waals surface area contributed by atoms with Crippen molar-refractivity contribution in [3.8, 4) is 0 Å². The summed E-state index contributed by atoms with van der Waals surface area (Å²) < 4.78 is 4.64. The van der Waals surface area contributed by atoms with Gasteiger partial charge in [0.2, 0.25) is 0 Å². The van der Waals surface area contributed by atoms with Crippen LogP contribution in [-0.4, -0.2) is 23.3 Å². The molecule has 14 heavy (non-hydrogen) atoms. The quantitative estimate of drug-likeness (QED) is 0.696. The minimum atomic E-state index is -0.412. The molecular formula is C10H10N2O2. The van der Waals surface area contributed by atoms with Gasteiger partial charge in [-0.1, -0.05) is 12.1 Å². The average molecular weight is 190 g/mol. The van der Waals surface area contributed by atoms with E-state index < -0.39 is 5.97 Å². The van der Waals surface area contributed by atoms with Crippen LogP contribution in [-0.2, 0) is 4.74 Å². The van der Waals surface area contributed by atoms with Crippen LogP contribution in [0, 0.1) is 6.92 Å². The number of nitrogens with zero attached hydrogens (tertiary/aromatic N) is 1. The zero-order valence-electron chi connectivity index (χ0n) is 8.00. The predicted molar refractivity (Wildman–Crippen MR) is 52.2 cm³/mol. The highest BCUT2D eigenvalue weighted by Gasteiger charge is 2.15. The van der Waals surface area contributed by atoms with Crippen LogP contribution in [0.15, 0.2) is 18.2 Å². The Labute approximate surface area is 80.9 Å². The summed E-state index contributed by atoms with van der Waals surface area (Å²) in [6.07, 6.45) is 0. The highest BCUT2D eigenvalue weighted by Crippen LogP contribution is 2.20. The molecule has 0 unspecified atom stereocenters. The molecule has 0 aliphatic rings. The number of aromatic amines is 1. The van der Waals surface area contributed by atoms with E-state index in [-0.39, 0.29) is 0 Å². The lowest BCUT2D eigenvalue weighted by Crippen LogP contribution is -2.02. The van der Waals surface area contributed by atoms with Gasteiger partial charge in [-0.2, -0.15) is 5.10 Å². The number of hydrogen-bond acceptors (Lipinski definition) is 3. The van der Waals surface area contributed by atoms with E-state index in [1.165, 1.54) is 7.11 Å². The monoisotopic (exact) mass is 190 g/mol. The number of aryl methyl sites for hydroxylation is 1. The Morgan fingerprint density at radius 3 is 3.00 bits per heavy atom. The molecule has 0 saturated heterocycles. The molecule has 0 amide bonds. The van der Waals surface area contributed by atoms with Gasteiger partial charge in [-0.3, -0.25) is 5.10 Å². The van der Waals surface area contributed by atoms with Crippen LogP contribution < -0.4 is 0 Å². The number of carbonyl (C=O) groups is 1. The van der Waals surface area contributed by atoms with E-state index in [1.807, 2.05) is 25.1 Å². The van der Waals surface area contributed by atoms with Crippen LogP contribution in [0.25, 0.3) is 10.9 Å². The molecule has 0 bridgehead atoms. The number of methoxy groups -OCH3 is 1. The second-order valence-corrected chi connectivity index (χ2v) is 3.06. The smallest absolute Gasteiger partial charge is 0.359 e. The topological polar surface area (TPSA) is 55.0 Å². The number of hydrogen-bond donors (Lipinski definition) is 1. The normalized spacial score (nSPS) is 10.4. The van der Waals surface area contributed by atoms with E-state index >= 15 is 0 Å². The first-order chi connectivity index (χ1) is 6.74. The van der Waals surface area contributed by atoms with E-state index in [2.05, 4.69) is 14.9 Å². The number of carbonyl (C=O) groups excluding carboxylic acids is 1. The lowest BCUT2D eigenvalue weighted by molar-refractivity contribution is 0.0596. The van der Waals surface area contributed by atoms with Crippen LogP contribution in [0.3, 0.4) is 0 Å². The molecule has 1 aromatic heterocycles. The molecule has 2 aromatic rings. The van der Waals surface area contributed by atoms with Crippen LogP contribution in [0.5, 0.6) is 0 Å². The molecule has 1 heterocycles. The maximum atomic E-state index is 11.3. The number of esters is 1. The Hall–Kier alpha value is -1.84. The van der Waals surface area contributed by atoms with Crippen molar-refractivity contribution in [3.63, 3.8) is 0 Å². The molecule has 1 aromatic carbocycles. The molecule has 0 atom stereocenters. The van der Waals surface area contributed by atoms with E-state index in [4.69, 9.17) is 0 Å². The van der Waals surface area contributed by atoms with Crippen molar-refractivity contribution in [1.82, 2.24) is 10.2 Å². The maximum Gasteiger partial charge on any atom is 0.359 e. The second kappa shape index (κ2) is 3.14. The van der Waals surface area contributed by atoms with E-state index in [9.17, 15) is 4.79 Å². The molecule has 0 saturated carbocycles. The third-order valence-corrected chi connectivity index (χ3v) is 2.18. The third-order valence-electron chi connectivity index (χ3n) is 2.18. The first kappa shape index (κ1) is 8.74. The van der Waals surface area contributed by atoms with Crippen LogP contribution in [0.4, 0.5) is 0 Å². The van der Waals surface area contributed by atoms with Gasteiger partial charge in [0.25, 0.3) is 0 Å². The molecule has 2 rings (SSSR count). The summed E-state index contributed by atoms with van der Waals surface area (Å²) in [6.45, 7) is 1.93. The van der Waals surface area contributed by atoms with Gasteiger partial charge in [-0.25, -0.2) is 4.79 Å². The van der Waals surface area contributed by atoms with Crippen molar-refractivity contribution in [1.29, 1.82) is 0 Å². The van der Waals surface area contributed by atoms with E-state index in [0.717, 1.165) is 16.5 Å². The number of benzene rings is 1. The first-order valence-electron chi connectivity index (χ1n) is 4.26. The van der Waals surface area contributed by atoms with Gasteiger partial charge >= 0.3 is 5.97 Å². The van der Waals surface area contributed by atoms with Crippen LogP contribution in [0.1, 0.15) is 16.1 Å². The van der Waals surface area contributed by atoms with Crippen molar-refractivity contribution in [3.05, 3.63) is 29.5 Å². The summed E-state index contributed by atoms with van der Waals surface area (Å²) in [6, 6.07) is 5.73. The maximum absolute atomic E-state index is 11.3. The number of H-pyrrole nitrogens is 1. The molecule has 72 valence electrons. The summed E-state index contributed by atoms with van der Waals surface area (Å²) in [5.74, 6) is -0.412. The largest absolute Gasteiger partial charge is 0.464 e. The van der Waals surface area contributed by atoms with Crippen molar-refractivity contribution >= 4 is 16.9 Å². The van der Waals surface area contributed by atoms with Crippen molar-refractivity contribution in [2.24, 2.45) is 0 Å². The van der Waals surface area contributed by atoms with Crippen molar-refractivity contribution in [2.45, 2.75) is 6.92 Å². The van der Waals surface area contributed by atoms with Crippen LogP contribution >= 0.6 is 0 Å². The molecule has 0 fully saturated rings. The molecule has 0 radical (unpaired) electrons. The molecule has 0 aliphatic heterocycles. The van der Waals surface area contributed by atoms with Gasteiger partial charge in [0.05, 0.1) is 12.6 Å². The highest BCUT2D eigenvalue weighted by atomic mass is 16.5. The highest BCUT2D eigenvalue weighted by molar-refractivity contribution is 6.03. The minimum Gasteiger partial charge on any atom is -0.464 e. The summed E-state index contributed by atoms with van der Waals surface area (Å²) in [5.41, 5.74) is 2.21. The predicted octanol–water partition coefficient (Wildman–Crippen LogP) is 1.66. The van der Waals surface area contributed by atoms with Gasteiger partial charge < -0.3 is 4.74 Å². The summed E-state index contributed by atoms with van der Waals surface area (Å²) in [7, 11) is 1.35. The fraction of sp³-hybridized carbons (Fsp3) is 0.200. The SMILES string of the molecule is COC(=O)c1n[nH]c2cccc(C)c12. The number of rotatable bonds is 1. The fourth-order valence-corrected chi connectivity index (χ4v) is 1.49. The standard InChI is InChI=1S/C10H10N2O2/c1-6-4-3-5-7-8(6)9(12-11-7)10(13)14-2/h3-5H,1-2H3,(H,11,12). The summed E-state index contributed by atoms with van der Waals surface area (Å²) in [5, 5.41) is 7.55. The Morgan fingerprint density at radius 2 is 2.29 bits per heavy atom. The van der Waals surface area contributed by atoms with Gasteiger partial charge in [0, 0.05) is 5.39 Å². The molecule has 0 spiro atoms. The zero-order valence-corrected chi connectivity index (χ0v) is 8.00. The Morgan fingerprint density at radius 1 is 1.50 bits per heavy atom. The Bertz CT molecular complexity index is 488. The zero-order chi connectivity index (χ0) is 10.1. The van der Waals surface area contributed by atoms with Gasteiger partial charge in [0.15, 0.2) is 5.69 Å². The minimum absolute atomic E-state index is 0.348. The van der Waals surface area contributed by atoms with E-state index in [0.29, 0.717) is 5.69 Å². The van der Waals surface area contributed by atoms with E-state index in [1.54, 1.807) is 0 Å². The third kappa shape index (κ3) is 1.16. The number of aromatic nitrogens is 2. The number of ether oxygens (including phenoxy) is 1. The molecule has 1 N–H and O–H groups in total. The number of fused-ring (bicyclic) bond motifs is 1.